The average Bonchev–Trinajstić information content (AvgIpc) is 2.87. The van der Waals surface area contributed by atoms with E-state index in [0.717, 1.165) is 16.7 Å². The normalized spacial score (nSPS) is 15.4. The molecule has 2 rings (SSSR count). The third-order valence-electron chi connectivity index (χ3n) is 3.57. The number of nitrogens with one attached hydrogen (secondary N) is 1. The van der Waals surface area contributed by atoms with E-state index in [9.17, 15) is 14.4 Å². The SMILES string of the molecule is COc1cc(/C=C2\SC(=O)N(CCNC(C)=O)C2=O)cc(OC)c1OC. The molecular formula is C17H20N2O6S. The molecule has 1 aromatic rings. The molecule has 0 radical (unpaired) electrons. The van der Waals surface area contributed by atoms with E-state index in [0.29, 0.717) is 22.8 Å². The Kier molecular flexibility index (Phi) is 6.51. The predicted octanol–water partition coefficient (Wildman–Crippen LogP) is 1.88. The van der Waals surface area contributed by atoms with E-state index < -0.39 is 5.91 Å². The fourth-order valence-electron chi connectivity index (χ4n) is 2.37. The molecule has 140 valence electrons. The molecule has 8 nitrogen and oxygen atoms in total. The first kappa shape index (κ1) is 19.6. The number of carbonyl (C=O) groups is 3. The van der Waals surface area contributed by atoms with Gasteiger partial charge in [-0.25, -0.2) is 0 Å². The Labute approximate surface area is 155 Å². The van der Waals surface area contributed by atoms with Crippen LogP contribution < -0.4 is 19.5 Å². The fourth-order valence-corrected chi connectivity index (χ4v) is 3.24. The minimum absolute atomic E-state index is 0.122. The van der Waals surface area contributed by atoms with Crippen molar-refractivity contribution in [2.24, 2.45) is 0 Å². The highest BCUT2D eigenvalue weighted by molar-refractivity contribution is 8.18. The molecule has 1 N–H and O–H groups in total. The van der Waals surface area contributed by atoms with Crippen LogP contribution in [-0.4, -0.2) is 56.4 Å². The van der Waals surface area contributed by atoms with Gasteiger partial charge in [0.05, 0.1) is 26.2 Å². The molecule has 0 unspecified atom stereocenters. The molecule has 1 fully saturated rings. The third kappa shape index (κ3) is 4.29. The summed E-state index contributed by atoms with van der Waals surface area (Å²) >= 11 is 0.845. The first-order valence-electron chi connectivity index (χ1n) is 7.71. The first-order valence-corrected chi connectivity index (χ1v) is 8.52. The molecule has 1 aliphatic heterocycles. The van der Waals surface area contributed by atoms with Crippen molar-refractivity contribution in [2.75, 3.05) is 34.4 Å². The molecule has 1 heterocycles. The van der Waals surface area contributed by atoms with Crippen LogP contribution in [0.25, 0.3) is 6.08 Å². The van der Waals surface area contributed by atoms with Crippen molar-refractivity contribution < 1.29 is 28.6 Å². The summed E-state index contributed by atoms with van der Waals surface area (Å²) in [7, 11) is 4.49. The maximum absolute atomic E-state index is 12.4. The van der Waals surface area contributed by atoms with Gasteiger partial charge in [0.1, 0.15) is 0 Å². The molecule has 3 amide bonds. The van der Waals surface area contributed by atoms with Gasteiger partial charge in [-0.2, -0.15) is 0 Å². The molecule has 0 atom stereocenters. The van der Waals surface area contributed by atoms with Gasteiger partial charge in [0.25, 0.3) is 11.1 Å². The molecule has 26 heavy (non-hydrogen) atoms. The fraction of sp³-hybridized carbons (Fsp3) is 0.353. The lowest BCUT2D eigenvalue weighted by atomic mass is 10.1. The number of methoxy groups -OCH3 is 3. The van der Waals surface area contributed by atoms with Crippen molar-refractivity contribution in [2.45, 2.75) is 6.92 Å². The van der Waals surface area contributed by atoms with Gasteiger partial charge in [-0.3, -0.25) is 19.3 Å². The van der Waals surface area contributed by atoms with E-state index in [4.69, 9.17) is 14.2 Å². The molecular weight excluding hydrogens is 360 g/mol. The zero-order chi connectivity index (χ0) is 19.3. The summed E-state index contributed by atoms with van der Waals surface area (Å²) in [5.41, 5.74) is 0.631. The van der Waals surface area contributed by atoms with Crippen LogP contribution in [0.3, 0.4) is 0 Å². The van der Waals surface area contributed by atoms with Crippen LogP contribution in [-0.2, 0) is 9.59 Å². The number of ether oxygens (including phenoxy) is 3. The minimum Gasteiger partial charge on any atom is -0.493 e. The Morgan fingerprint density at radius 3 is 2.27 bits per heavy atom. The zero-order valence-electron chi connectivity index (χ0n) is 15.0. The highest BCUT2D eigenvalue weighted by Gasteiger charge is 2.34. The summed E-state index contributed by atoms with van der Waals surface area (Å²) in [6, 6.07) is 3.37. The summed E-state index contributed by atoms with van der Waals surface area (Å²) in [6.07, 6.45) is 1.59. The Morgan fingerprint density at radius 1 is 1.15 bits per heavy atom. The van der Waals surface area contributed by atoms with Crippen molar-refractivity contribution in [3.63, 3.8) is 0 Å². The first-order chi connectivity index (χ1) is 12.4. The number of amides is 3. The van der Waals surface area contributed by atoms with Gasteiger partial charge < -0.3 is 19.5 Å². The quantitative estimate of drug-likeness (QED) is 0.722. The largest absolute Gasteiger partial charge is 0.493 e. The summed E-state index contributed by atoms with van der Waals surface area (Å²) in [5, 5.41) is 2.18. The average molecular weight is 380 g/mol. The van der Waals surface area contributed by atoms with Crippen LogP contribution in [0.2, 0.25) is 0 Å². The van der Waals surface area contributed by atoms with Crippen molar-refractivity contribution in [1.29, 1.82) is 0 Å². The van der Waals surface area contributed by atoms with Crippen LogP contribution in [0.4, 0.5) is 4.79 Å². The molecule has 0 bridgehead atoms. The third-order valence-corrected chi connectivity index (χ3v) is 4.48. The van der Waals surface area contributed by atoms with E-state index in [-0.39, 0.29) is 29.1 Å². The van der Waals surface area contributed by atoms with Crippen molar-refractivity contribution in [3.05, 3.63) is 22.6 Å². The summed E-state index contributed by atoms with van der Waals surface area (Å²) in [6.45, 7) is 1.71. The Morgan fingerprint density at radius 2 is 1.77 bits per heavy atom. The van der Waals surface area contributed by atoms with E-state index in [1.807, 2.05) is 0 Å². The van der Waals surface area contributed by atoms with Crippen molar-refractivity contribution in [1.82, 2.24) is 10.2 Å². The summed E-state index contributed by atoms with van der Waals surface area (Å²) < 4.78 is 15.8. The monoisotopic (exact) mass is 380 g/mol. The Balaban J connectivity index is 2.25. The molecule has 0 aromatic heterocycles. The van der Waals surface area contributed by atoms with Crippen molar-refractivity contribution >= 4 is 34.9 Å². The maximum Gasteiger partial charge on any atom is 0.293 e. The summed E-state index contributed by atoms with van der Waals surface area (Å²) in [4.78, 5) is 36.8. The predicted molar refractivity (Wildman–Crippen MR) is 97.5 cm³/mol. The van der Waals surface area contributed by atoms with Crippen LogP contribution >= 0.6 is 11.8 Å². The number of nitrogens with zero attached hydrogens (tertiary/aromatic N) is 1. The van der Waals surface area contributed by atoms with Crippen LogP contribution in [0.15, 0.2) is 17.0 Å². The number of imide groups is 1. The van der Waals surface area contributed by atoms with Gasteiger partial charge >= 0.3 is 0 Å². The Hall–Kier alpha value is -2.68. The van der Waals surface area contributed by atoms with Gasteiger partial charge in [-0.05, 0) is 35.5 Å². The Bertz CT molecular complexity index is 737. The molecule has 1 saturated heterocycles. The van der Waals surface area contributed by atoms with Crippen LogP contribution in [0, 0.1) is 0 Å². The number of benzene rings is 1. The lowest BCUT2D eigenvalue weighted by Crippen LogP contribution is -2.36. The second-order valence-electron chi connectivity index (χ2n) is 5.27. The second-order valence-corrected chi connectivity index (χ2v) is 6.27. The van der Waals surface area contributed by atoms with E-state index in [1.165, 1.54) is 28.3 Å². The van der Waals surface area contributed by atoms with Gasteiger partial charge in [-0.15, -0.1) is 0 Å². The lowest BCUT2D eigenvalue weighted by Gasteiger charge is -2.13. The molecule has 0 aliphatic carbocycles. The molecule has 9 heteroatoms. The van der Waals surface area contributed by atoms with Gasteiger partial charge in [-0.1, -0.05) is 0 Å². The van der Waals surface area contributed by atoms with Crippen LogP contribution in [0.5, 0.6) is 17.2 Å². The number of hydrogen-bond donors (Lipinski definition) is 1. The van der Waals surface area contributed by atoms with Crippen molar-refractivity contribution in [3.8, 4) is 17.2 Å². The highest BCUT2D eigenvalue weighted by Crippen LogP contribution is 2.40. The maximum atomic E-state index is 12.4. The highest BCUT2D eigenvalue weighted by atomic mass is 32.2. The molecule has 1 aromatic carbocycles. The lowest BCUT2D eigenvalue weighted by molar-refractivity contribution is -0.123. The standard InChI is InChI=1S/C17H20N2O6S/c1-10(20)18-5-6-19-16(21)14(26-17(19)22)9-11-7-12(23-2)15(25-4)13(8-11)24-3/h7-9H,5-6H2,1-4H3,(H,18,20)/b14-9-. The number of carbonyl (C=O) groups excluding carboxylic acids is 3. The summed E-state index contributed by atoms with van der Waals surface area (Å²) in [5.74, 6) is 0.713. The minimum atomic E-state index is -0.404. The zero-order valence-corrected chi connectivity index (χ0v) is 15.8. The molecule has 1 aliphatic rings. The smallest absolute Gasteiger partial charge is 0.293 e. The van der Waals surface area contributed by atoms with Gasteiger partial charge in [0.2, 0.25) is 11.7 Å². The van der Waals surface area contributed by atoms with E-state index in [2.05, 4.69) is 5.32 Å². The second kappa shape index (κ2) is 8.61. The van der Waals surface area contributed by atoms with Gasteiger partial charge in [0, 0.05) is 20.0 Å². The topological polar surface area (TPSA) is 94.2 Å². The van der Waals surface area contributed by atoms with Crippen LogP contribution in [0.1, 0.15) is 12.5 Å². The molecule has 0 spiro atoms. The van der Waals surface area contributed by atoms with E-state index >= 15 is 0 Å². The van der Waals surface area contributed by atoms with Gasteiger partial charge in [0.15, 0.2) is 11.5 Å². The number of rotatable bonds is 7. The molecule has 0 saturated carbocycles. The van der Waals surface area contributed by atoms with E-state index in [1.54, 1.807) is 18.2 Å². The number of hydrogen-bond acceptors (Lipinski definition) is 7. The number of thioether (sulfide) groups is 1.